The molecule has 0 bridgehead atoms. The van der Waals surface area contributed by atoms with E-state index in [0.29, 0.717) is 16.6 Å². The van der Waals surface area contributed by atoms with Gasteiger partial charge in [-0.25, -0.2) is 4.79 Å². The Morgan fingerprint density at radius 2 is 2.33 bits per heavy atom. The Kier molecular flexibility index (Phi) is 2.49. The number of fused-ring (bicyclic) bond motifs is 1. The van der Waals surface area contributed by atoms with Gasteiger partial charge in [-0.2, -0.15) is 0 Å². The maximum absolute atomic E-state index is 11.6. The van der Waals surface area contributed by atoms with Crippen molar-refractivity contribution < 1.29 is 11.0 Å². The molecule has 1 aliphatic carbocycles. The first-order valence-corrected chi connectivity index (χ1v) is 6.27. The molecular weight excluding hydrogens is 250 g/mol. The maximum Gasteiger partial charge on any atom is 0.413 e. The molecule has 0 spiro atoms. The van der Waals surface area contributed by atoms with Crippen LogP contribution in [0.2, 0.25) is 5.02 Å². The van der Waals surface area contributed by atoms with Crippen molar-refractivity contribution in [2.45, 2.75) is 25.4 Å². The van der Waals surface area contributed by atoms with E-state index in [0.717, 1.165) is 18.4 Å². The molecule has 3 nitrogen and oxygen atoms in total. The minimum Gasteiger partial charge on any atom is -0.425 e. The quantitative estimate of drug-likeness (QED) is 0.724. The van der Waals surface area contributed by atoms with E-state index in [1.54, 1.807) is 25.1 Å². The molecule has 1 aliphatic heterocycles. The number of carbonyl (C=O) groups excluding carboxylic acids is 1. The van der Waals surface area contributed by atoms with Gasteiger partial charge < -0.3 is 4.74 Å². The van der Waals surface area contributed by atoms with E-state index < -0.39 is 11.7 Å². The molecule has 18 heavy (non-hydrogen) atoms. The summed E-state index contributed by atoms with van der Waals surface area (Å²) in [6.07, 6.45) is 1.80. The normalized spacial score (nSPS) is 25.3. The minimum atomic E-state index is -0.912. The number of anilines is 1. The number of nitrogens with one attached hydrogen (secondary N) is 1. The fourth-order valence-corrected chi connectivity index (χ4v) is 2.13. The number of amides is 1. The highest BCUT2D eigenvalue weighted by molar-refractivity contribution is 6.30. The number of hydrogen-bond acceptors (Lipinski definition) is 2. The van der Waals surface area contributed by atoms with Crippen molar-refractivity contribution in [3.63, 3.8) is 0 Å². The second-order valence-electron chi connectivity index (χ2n) is 4.78. The van der Waals surface area contributed by atoms with Gasteiger partial charge in [0.1, 0.15) is 0 Å². The van der Waals surface area contributed by atoms with E-state index in [1.807, 2.05) is 0 Å². The summed E-state index contributed by atoms with van der Waals surface area (Å²) in [4.78, 5) is 11.6. The third-order valence-electron chi connectivity index (χ3n) is 3.12. The van der Waals surface area contributed by atoms with E-state index in [2.05, 4.69) is 17.2 Å². The lowest BCUT2D eigenvalue weighted by molar-refractivity contribution is 0.0714. The topological polar surface area (TPSA) is 38.3 Å². The summed E-state index contributed by atoms with van der Waals surface area (Å²) in [5, 5.41) is 3.26. The molecule has 3 rings (SSSR count). The molecule has 1 N–H and O–H groups in total. The van der Waals surface area contributed by atoms with Gasteiger partial charge in [0.05, 0.1) is 5.69 Å². The van der Waals surface area contributed by atoms with Gasteiger partial charge in [0.15, 0.2) is 5.60 Å². The van der Waals surface area contributed by atoms with E-state index in [4.69, 9.17) is 16.3 Å². The van der Waals surface area contributed by atoms with Crippen LogP contribution in [0.1, 0.15) is 26.8 Å². The number of ether oxygens (including phenoxy) is 1. The second kappa shape index (κ2) is 3.93. The van der Waals surface area contributed by atoms with E-state index >= 15 is 0 Å². The molecule has 1 aromatic rings. The summed E-state index contributed by atoms with van der Waals surface area (Å²) >= 11 is 6.00. The highest BCUT2D eigenvalue weighted by atomic mass is 35.5. The average Bonchev–Trinajstić information content (AvgIpc) is 3.12. The zero-order valence-electron chi connectivity index (χ0n) is 9.92. The predicted molar refractivity (Wildman–Crippen MR) is 71.5 cm³/mol. The number of benzene rings is 1. The summed E-state index contributed by atoms with van der Waals surface area (Å²) in [5.41, 5.74) is 0.608. The van der Waals surface area contributed by atoms with Crippen molar-refractivity contribution in [1.29, 1.82) is 0 Å². The lowest BCUT2D eigenvalue weighted by Crippen LogP contribution is -2.36. The number of cyclic esters (lactones) is 1. The lowest BCUT2D eigenvalue weighted by Gasteiger charge is -2.31. The third kappa shape index (κ3) is 2.04. The van der Waals surface area contributed by atoms with Crippen molar-refractivity contribution in [1.82, 2.24) is 0 Å². The Morgan fingerprint density at radius 3 is 3.06 bits per heavy atom. The van der Waals surface area contributed by atoms with Gasteiger partial charge in [-0.1, -0.05) is 23.4 Å². The fourth-order valence-electron chi connectivity index (χ4n) is 1.96. The summed E-state index contributed by atoms with van der Waals surface area (Å²) in [7, 11) is 0. The van der Waals surface area contributed by atoms with Gasteiger partial charge in [-0.3, -0.25) is 5.32 Å². The van der Waals surface area contributed by atoms with Crippen LogP contribution in [0.15, 0.2) is 18.2 Å². The van der Waals surface area contributed by atoms with Crippen molar-refractivity contribution in [3.05, 3.63) is 28.8 Å². The molecule has 4 heteroatoms. The van der Waals surface area contributed by atoms with Crippen LogP contribution >= 0.6 is 11.6 Å². The van der Waals surface area contributed by atoms with Crippen LogP contribution in [0.5, 0.6) is 0 Å². The molecule has 0 unspecified atom stereocenters. The molecule has 94 valence electrons. The van der Waals surface area contributed by atoms with Crippen molar-refractivity contribution >= 4 is 23.4 Å². The molecule has 1 amide bonds. The molecule has 1 saturated carbocycles. The highest BCUT2D eigenvalue weighted by Crippen LogP contribution is 2.37. The Hall–Kier alpha value is -1.66. The fraction of sp³-hybridized carbons (Fsp3) is 0.357. The van der Waals surface area contributed by atoms with Gasteiger partial charge in [0, 0.05) is 17.9 Å². The van der Waals surface area contributed by atoms with Crippen molar-refractivity contribution in [3.8, 4) is 11.8 Å². The van der Waals surface area contributed by atoms with Crippen LogP contribution < -0.4 is 5.32 Å². The van der Waals surface area contributed by atoms with Crippen LogP contribution in [0.4, 0.5) is 10.5 Å². The first-order valence-electron chi connectivity index (χ1n) is 5.89. The molecule has 1 aromatic carbocycles. The molecular formula is C14H14ClNO2. The van der Waals surface area contributed by atoms with Crippen LogP contribution in [0.25, 0.3) is 0 Å². The van der Waals surface area contributed by atoms with E-state index in [9.17, 15) is 4.79 Å². The largest absolute Gasteiger partial charge is 0.425 e. The first-order chi connectivity index (χ1) is 8.57. The molecule has 0 saturated heterocycles. The molecule has 1 atom stereocenters. The summed E-state index contributed by atoms with van der Waals surface area (Å²) in [5.74, 6) is 6.69. The Morgan fingerprint density at radius 1 is 1.56 bits per heavy atom. The summed E-state index contributed by atoms with van der Waals surface area (Å²) < 4.78 is 5.35. The number of halogens is 1. The summed E-state index contributed by atoms with van der Waals surface area (Å²) in [6.45, 7) is 1.80. The SMILES string of the molecule is C[C@@]1(C#CC2CC2)OC(=O)Nc2ccc(Cl)cc21.[HH]. The Balaban J connectivity index is 0.00000133. The molecule has 1 heterocycles. The van der Waals surface area contributed by atoms with E-state index in [-0.39, 0.29) is 1.43 Å². The third-order valence-corrected chi connectivity index (χ3v) is 3.36. The van der Waals surface area contributed by atoms with Crippen LogP contribution in [0.3, 0.4) is 0 Å². The summed E-state index contributed by atoms with van der Waals surface area (Å²) in [6, 6.07) is 5.30. The number of carbonyl (C=O) groups is 1. The monoisotopic (exact) mass is 263 g/mol. The average molecular weight is 264 g/mol. The number of hydrogen-bond donors (Lipinski definition) is 1. The Bertz CT molecular complexity index is 589. The minimum absolute atomic E-state index is 0. The van der Waals surface area contributed by atoms with Crippen molar-refractivity contribution in [2.24, 2.45) is 5.92 Å². The van der Waals surface area contributed by atoms with Gasteiger partial charge in [-0.05, 0) is 38.0 Å². The van der Waals surface area contributed by atoms with Crippen molar-refractivity contribution in [2.75, 3.05) is 5.32 Å². The molecule has 0 aromatic heterocycles. The molecule has 2 aliphatic rings. The lowest BCUT2D eigenvalue weighted by atomic mass is 9.93. The van der Waals surface area contributed by atoms with Gasteiger partial charge >= 0.3 is 6.09 Å². The van der Waals surface area contributed by atoms with E-state index in [1.165, 1.54) is 0 Å². The second-order valence-corrected chi connectivity index (χ2v) is 5.22. The maximum atomic E-state index is 11.6. The van der Waals surface area contributed by atoms with Gasteiger partial charge in [0.25, 0.3) is 0 Å². The Labute approximate surface area is 112 Å². The predicted octanol–water partition coefficient (Wildman–Crippen LogP) is 3.78. The zero-order valence-corrected chi connectivity index (χ0v) is 10.7. The molecule has 0 radical (unpaired) electrons. The number of rotatable bonds is 0. The van der Waals surface area contributed by atoms with Crippen LogP contribution in [-0.2, 0) is 10.3 Å². The van der Waals surface area contributed by atoms with Gasteiger partial charge in [0.2, 0.25) is 0 Å². The smallest absolute Gasteiger partial charge is 0.413 e. The first kappa shape index (κ1) is 11.4. The van der Waals surface area contributed by atoms with Crippen LogP contribution in [0, 0.1) is 17.8 Å². The highest BCUT2D eigenvalue weighted by Gasteiger charge is 2.37. The standard InChI is InChI=1S/C14H12ClNO2.H2/c1-14(7-6-9-2-3-9)11-8-10(15)4-5-12(11)16-13(17)18-14;/h4-5,8-9H,2-3H2,1H3,(H,16,17);1H/t14-;/m0./s1. The zero-order chi connectivity index (χ0) is 12.8. The van der Waals surface area contributed by atoms with Gasteiger partial charge in [-0.15, -0.1) is 0 Å². The van der Waals surface area contributed by atoms with Crippen LogP contribution in [-0.4, -0.2) is 6.09 Å². The molecule has 1 fully saturated rings.